The number of anilines is 2. The Balaban J connectivity index is 1.48. The van der Waals surface area contributed by atoms with E-state index in [0.717, 1.165) is 17.7 Å². The highest BCUT2D eigenvalue weighted by Crippen LogP contribution is 2.36. The molecule has 5 rings (SSSR count). The molecule has 0 saturated heterocycles. The van der Waals surface area contributed by atoms with E-state index in [-0.39, 0.29) is 17.9 Å². The molecule has 2 heterocycles. The van der Waals surface area contributed by atoms with Crippen molar-refractivity contribution in [2.45, 2.75) is 25.3 Å². The minimum absolute atomic E-state index is 0.143. The highest BCUT2D eigenvalue weighted by molar-refractivity contribution is 6.42. The Bertz CT molecular complexity index is 1240. The van der Waals surface area contributed by atoms with E-state index >= 15 is 0 Å². The number of benzene rings is 3. The molecule has 168 valence electrons. The molecule has 3 aromatic carbocycles. The van der Waals surface area contributed by atoms with Gasteiger partial charge in [-0.25, -0.2) is 0 Å². The molecule has 0 bridgehead atoms. The van der Waals surface area contributed by atoms with Crippen LogP contribution in [0.1, 0.15) is 24.0 Å². The molecule has 8 heteroatoms. The fourth-order valence-electron chi connectivity index (χ4n) is 4.41. The zero-order valence-corrected chi connectivity index (χ0v) is 20.1. The summed E-state index contributed by atoms with van der Waals surface area (Å²) in [4.78, 5) is 13.5. The second-order valence-corrected chi connectivity index (χ2v) is 9.54. The van der Waals surface area contributed by atoms with Crippen LogP contribution < -0.4 is 15.4 Å². The van der Waals surface area contributed by atoms with Crippen LogP contribution in [-0.4, -0.2) is 24.2 Å². The summed E-state index contributed by atoms with van der Waals surface area (Å²) < 4.78 is 0. The number of hydrogen-bond donors (Lipinski definition) is 1. The van der Waals surface area contributed by atoms with Crippen LogP contribution in [0.3, 0.4) is 0 Å². The van der Waals surface area contributed by atoms with E-state index in [2.05, 4.69) is 18.4 Å². The lowest BCUT2D eigenvalue weighted by atomic mass is 9.94. The maximum atomic E-state index is 13.5. The second kappa shape index (κ2) is 8.90. The number of nitrogens with zero attached hydrogens (tertiary/aromatic N) is 3. The minimum atomic E-state index is -0.248. The Morgan fingerprint density at radius 1 is 0.970 bits per heavy atom. The zero-order chi connectivity index (χ0) is 23.1. The second-order valence-electron chi connectivity index (χ2n) is 8.26. The van der Waals surface area contributed by atoms with Gasteiger partial charge in [0.05, 0.1) is 34.9 Å². The van der Waals surface area contributed by atoms with E-state index in [1.54, 1.807) is 17.1 Å². The summed E-state index contributed by atoms with van der Waals surface area (Å²) in [5.41, 5.74) is 7.38. The van der Waals surface area contributed by atoms with E-state index in [1.807, 2.05) is 53.5 Å². The Labute approximate surface area is 207 Å². The van der Waals surface area contributed by atoms with Crippen LogP contribution in [0.25, 0.3) is 0 Å². The maximum Gasteiger partial charge on any atom is 0.286 e. The molecule has 0 aromatic heterocycles. The number of hydrogen-bond acceptors (Lipinski definition) is 4. The van der Waals surface area contributed by atoms with Gasteiger partial charge in [0.15, 0.2) is 0 Å². The van der Waals surface area contributed by atoms with Gasteiger partial charge < -0.3 is 0 Å². The smallest absolute Gasteiger partial charge is 0.282 e. The molecule has 0 saturated carbocycles. The van der Waals surface area contributed by atoms with Crippen molar-refractivity contribution >= 4 is 57.8 Å². The van der Waals surface area contributed by atoms with Crippen LogP contribution >= 0.6 is 34.8 Å². The first-order chi connectivity index (χ1) is 15.9. The van der Waals surface area contributed by atoms with Crippen molar-refractivity contribution in [3.8, 4) is 0 Å². The van der Waals surface area contributed by atoms with Gasteiger partial charge in [-0.1, -0.05) is 65.1 Å². The predicted molar refractivity (Wildman–Crippen MR) is 136 cm³/mol. The quantitative estimate of drug-likeness (QED) is 0.473. The molecule has 2 aliphatic heterocycles. The van der Waals surface area contributed by atoms with Gasteiger partial charge in [0.2, 0.25) is 0 Å². The van der Waals surface area contributed by atoms with Gasteiger partial charge in [0, 0.05) is 10.0 Å². The van der Waals surface area contributed by atoms with Crippen LogP contribution in [0, 0.1) is 0 Å². The third kappa shape index (κ3) is 4.29. The van der Waals surface area contributed by atoms with E-state index in [4.69, 9.17) is 39.9 Å². The highest BCUT2D eigenvalue weighted by atomic mass is 35.5. The fraction of sp³-hybridized carbons (Fsp3) is 0.200. The number of hydrazone groups is 1. The van der Waals surface area contributed by atoms with Crippen LogP contribution in [0.2, 0.25) is 15.1 Å². The van der Waals surface area contributed by atoms with Crippen molar-refractivity contribution in [3.05, 3.63) is 92.9 Å². The average Bonchev–Trinajstić information content (AvgIpc) is 3.36. The fourth-order valence-corrected chi connectivity index (χ4v) is 5.04. The number of para-hydroxylation sites is 1. The lowest BCUT2D eigenvalue weighted by Gasteiger charge is -2.26. The van der Waals surface area contributed by atoms with Gasteiger partial charge in [0.25, 0.3) is 5.91 Å². The summed E-state index contributed by atoms with van der Waals surface area (Å²) in [6.07, 6.45) is 0.871. The number of rotatable bonds is 4. The van der Waals surface area contributed by atoms with Gasteiger partial charge in [-0.05, 0) is 60.9 Å². The topological polar surface area (TPSA) is 47.9 Å². The zero-order valence-electron chi connectivity index (χ0n) is 17.8. The van der Waals surface area contributed by atoms with Crippen molar-refractivity contribution in [1.82, 2.24) is 5.43 Å². The summed E-state index contributed by atoms with van der Waals surface area (Å²) >= 11 is 18.6. The highest BCUT2D eigenvalue weighted by Gasteiger charge is 2.36. The maximum absolute atomic E-state index is 13.5. The summed E-state index contributed by atoms with van der Waals surface area (Å²) in [6.45, 7) is 2.56. The first-order valence-electron chi connectivity index (χ1n) is 10.7. The molecule has 1 amide bonds. The number of nitrogens with one attached hydrogen (secondary N) is 1. The van der Waals surface area contributed by atoms with E-state index < -0.39 is 0 Å². The normalized spacial score (nSPS) is 19.5. The molecule has 2 unspecified atom stereocenters. The predicted octanol–water partition coefficient (Wildman–Crippen LogP) is 6.09. The Kier molecular flexibility index (Phi) is 5.95. The van der Waals surface area contributed by atoms with Crippen molar-refractivity contribution in [2.75, 3.05) is 16.6 Å². The van der Waals surface area contributed by atoms with Gasteiger partial charge in [-0.2, -0.15) is 5.10 Å². The molecule has 0 aliphatic carbocycles. The summed E-state index contributed by atoms with van der Waals surface area (Å²) in [5.74, 6) is -0.492. The van der Waals surface area contributed by atoms with Crippen LogP contribution in [0.15, 0.2) is 71.8 Å². The average molecular weight is 500 g/mol. The van der Waals surface area contributed by atoms with Crippen LogP contribution in [0.5, 0.6) is 0 Å². The minimum Gasteiger partial charge on any atom is -0.282 e. The molecule has 0 spiro atoms. The van der Waals surface area contributed by atoms with Gasteiger partial charge >= 0.3 is 0 Å². The Morgan fingerprint density at radius 3 is 2.45 bits per heavy atom. The first kappa shape index (κ1) is 22.1. The molecule has 33 heavy (non-hydrogen) atoms. The van der Waals surface area contributed by atoms with Crippen molar-refractivity contribution in [2.24, 2.45) is 5.10 Å². The molecule has 5 nitrogen and oxygen atoms in total. The summed E-state index contributed by atoms with van der Waals surface area (Å²) in [5, 5.41) is 10.0. The van der Waals surface area contributed by atoms with Crippen LogP contribution in [0.4, 0.5) is 11.4 Å². The van der Waals surface area contributed by atoms with Gasteiger partial charge in [0.1, 0.15) is 5.71 Å². The molecular formula is C25H21Cl3N4O. The number of hydrazine groups is 1. The van der Waals surface area contributed by atoms with Crippen molar-refractivity contribution in [1.29, 1.82) is 0 Å². The number of halogens is 3. The van der Waals surface area contributed by atoms with Gasteiger partial charge in [-0.3, -0.25) is 20.2 Å². The molecule has 0 fully saturated rings. The molecular weight excluding hydrogens is 479 g/mol. The van der Waals surface area contributed by atoms with Crippen molar-refractivity contribution < 1.29 is 4.79 Å². The summed E-state index contributed by atoms with van der Waals surface area (Å²) in [7, 11) is 0. The molecule has 2 atom stereocenters. The third-order valence-electron chi connectivity index (χ3n) is 6.04. The van der Waals surface area contributed by atoms with Gasteiger partial charge in [-0.15, -0.1) is 0 Å². The molecule has 1 N–H and O–H groups in total. The molecule has 0 radical (unpaired) electrons. The number of amides is 1. The third-order valence-corrected chi connectivity index (χ3v) is 6.83. The van der Waals surface area contributed by atoms with Crippen molar-refractivity contribution in [3.63, 3.8) is 0 Å². The standard InChI is InChI=1S/C25H21Cl3N4O/c1-15-12-17-4-2-3-5-22(17)32(15)30-25(33)24-20(16-6-8-18(26)9-7-16)14-31(29-24)23-11-10-19(27)13-21(23)28/h2-11,13,15,20H,12,14H2,1H3,(H,30,33). The SMILES string of the molecule is CC1Cc2ccccc2N1NC(=O)C1=NN(c2ccc(Cl)cc2Cl)CC1c1ccc(Cl)cc1. The Morgan fingerprint density at radius 2 is 1.70 bits per heavy atom. The Hall–Kier alpha value is -2.73. The monoisotopic (exact) mass is 498 g/mol. The molecule has 3 aromatic rings. The lowest BCUT2D eigenvalue weighted by Crippen LogP contribution is -2.49. The molecule has 2 aliphatic rings. The first-order valence-corrected chi connectivity index (χ1v) is 11.8. The number of carbonyl (C=O) groups is 1. The van der Waals surface area contributed by atoms with E-state index in [9.17, 15) is 4.79 Å². The number of carbonyl (C=O) groups excluding carboxylic acids is 1. The largest absolute Gasteiger partial charge is 0.286 e. The lowest BCUT2D eigenvalue weighted by molar-refractivity contribution is -0.115. The van der Waals surface area contributed by atoms with E-state index in [0.29, 0.717) is 33.0 Å². The van der Waals surface area contributed by atoms with E-state index in [1.165, 1.54) is 5.56 Å². The number of fused-ring (bicyclic) bond motifs is 1. The summed E-state index contributed by atoms with van der Waals surface area (Å²) in [6, 6.07) is 21.0. The van der Waals surface area contributed by atoms with Crippen LogP contribution in [-0.2, 0) is 11.2 Å².